The molecule has 1 N–H and O–H groups in total. The smallest absolute Gasteiger partial charge is 0.107 e. The van der Waals surface area contributed by atoms with Gasteiger partial charge in [0.25, 0.3) is 0 Å². The van der Waals surface area contributed by atoms with Crippen molar-refractivity contribution < 1.29 is 0 Å². The highest BCUT2D eigenvalue weighted by Gasteiger charge is 2.27. The molecule has 2 nitrogen and oxygen atoms in total. The van der Waals surface area contributed by atoms with Gasteiger partial charge in [-0.15, -0.1) is 11.3 Å². The van der Waals surface area contributed by atoms with Gasteiger partial charge in [0.2, 0.25) is 0 Å². The van der Waals surface area contributed by atoms with Gasteiger partial charge in [0.05, 0.1) is 0 Å². The second-order valence-corrected chi connectivity index (χ2v) is 5.27. The molecule has 1 fully saturated rings. The fourth-order valence-corrected chi connectivity index (χ4v) is 2.46. The lowest BCUT2D eigenvalue weighted by molar-refractivity contribution is 0.461. The van der Waals surface area contributed by atoms with Gasteiger partial charge in [-0.2, -0.15) is 0 Å². The minimum absolute atomic E-state index is 0.844. The molecule has 1 aliphatic carbocycles. The zero-order valence-electron chi connectivity index (χ0n) is 8.92. The number of rotatable bonds is 5. The molecule has 1 heterocycles. The highest BCUT2D eigenvalue weighted by molar-refractivity contribution is 7.09. The predicted molar refractivity (Wildman–Crippen MR) is 60.4 cm³/mol. The monoisotopic (exact) mass is 210 g/mol. The van der Waals surface area contributed by atoms with E-state index in [1.807, 2.05) is 6.92 Å². The van der Waals surface area contributed by atoms with E-state index in [1.165, 1.54) is 17.8 Å². The van der Waals surface area contributed by atoms with Gasteiger partial charge in [-0.05, 0) is 38.1 Å². The van der Waals surface area contributed by atoms with E-state index in [-0.39, 0.29) is 0 Å². The molecule has 0 aliphatic heterocycles. The fourth-order valence-electron chi connectivity index (χ4n) is 1.72. The van der Waals surface area contributed by atoms with E-state index < -0.39 is 0 Å². The van der Waals surface area contributed by atoms with Gasteiger partial charge in [0.1, 0.15) is 5.01 Å². The second-order valence-electron chi connectivity index (χ2n) is 4.33. The summed E-state index contributed by atoms with van der Waals surface area (Å²) in [5.74, 6) is 1.84. The molecule has 78 valence electrons. The Bertz CT molecular complexity index is 291. The number of nitrogens with zero attached hydrogens (tertiary/aromatic N) is 1. The van der Waals surface area contributed by atoms with E-state index in [0.29, 0.717) is 0 Å². The molecule has 0 saturated heterocycles. The molecule has 1 atom stereocenters. The maximum atomic E-state index is 4.42. The summed E-state index contributed by atoms with van der Waals surface area (Å²) in [7, 11) is 0. The third-order valence-electron chi connectivity index (χ3n) is 2.84. The summed E-state index contributed by atoms with van der Waals surface area (Å²) in [6.07, 6.45) is 2.89. The minimum Gasteiger partial charge on any atom is -0.310 e. The summed E-state index contributed by atoms with van der Waals surface area (Å²) in [6, 6.07) is 0. The van der Waals surface area contributed by atoms with Gasteiger partial charge in [-0.1, -0.05) is 6.92 Å². The van der Waals surface area contributed by atoms with Crippen molar-refractivity contribution in [1.82, 2.24) is 10.3 Å². The van der Waals surface area contributed by atoms with Crippen LogP contribution in [0.3, 0.4) is 0 Å². The number of hydrogen-bond donors (Lipinski definition) is 1. The molecule has 2 rings (SSSR count). The third kappa shape index (κ3) is 2.79. The molecule has 1 aromatic heterocycles. The number of thiazole rings is 1. The Morgan fingerprint density at radius 3 is 3.00 bits per heavy atom. The summed E-state index contributed by atoms with van der Waals surface area (Å²) in [5.41, 5.74) is 1.14. The quantitative estimate of drug-likeness (QED) is 0.808. The maximum absolute atomic E-state index is 4.42. The molecule has 0 aromatic carbocycles. The van der Waals surface area contributed by atoms with E-state index >= 15 is 0 Å². The first-order valence-electron chi connectivity index (χ1n) is 5.37. The van der Waals surface area contributed by atoms with Crippen molar-refractivity contribution in [2.24, 2.45) is 11.8 Å². The topological polar surface area (TPSA) is 24.9 Å². The van der Waals surface area contributed by atoms with E-state index in [0.717, 1.165) is 30.6 Å². The van der Waals surface area contributed by atoms with Crippen LogP contribution in [0, 0.1) is 18.8 Å². The zero-order valence-corrected chi connectivity index (χ0v) is 9.73. The Hall–Kier alpha value is -0.410. The van der Waals surface area contributed by atoms with Crippen molar-refractivity contribution >= 4 is 11.3 Å². The van der Waals surface area contributed by atoms with Crippen LogP contribution in [0.15, 0.2) is 5.38 Å². The number of hydrogen-bond acceptors (Lipinski definition) is 3. The summed E-state index contributed by atoms with van der Waals surface area (Å²) in [5, 5.41) is 6.81. The third-order valence-corrected chi connectivity index (χ3v) is 3.80. The van der Waals surface area contributed by atoms with Crippen LogP contribution in [0.5, 0.6) is 0 Å². The van der Waals surface area contributed by atoms with Crippen LogP contribution in [0.4, 0.5) is 0 Å². The molecule has 1 saturated carbocycles. The molecular weight excluding hydrogens is 192 g/mol. The van der Waals surface area contributed by atoms with Gasteiger partial charge >= 0.3 is 0 Å². The van der Waals surface area contributed by atoms with Gasteiger partial charge in [0.15, 0.2) is 0 Å². The summed E-state index contributed by atoms with van der Waals surface area (Å²) in [4.78, 5) is 4.42. The van der Waals surface area contributed by atoms with Crippen molar-refractivity contribution in [3.63, 3.8) is 0 Å². The lowest BCUT2D eigenvalue weighted by Crippen LogP contribution is -2.21. The number of nitrogens with one attached hydrogen (secondary N) is 1. The molecule has 0 amide bonds. The van der Waals surface area contributed by atoms with Crippen molar-refractivity contribution in [3.05, 3.63) is 16.1 Å². The van der Waals surface area contributed by atoms with Crippen molar-refractivity contribution in [2.45, 2.75) is 33.2 Å². The Balaban J connectivity index is 1.67. The molecular formula is C11H18N2S. The van der Waals surface area contributed by atoms with E-state index in [1.54, 1.807) is 11.3 Å². The van der Waals surface area contributed by atoms with E-state index in [4.69, 9.17) is 0 Å². The first-order chi connectivity index (χ1) is 6.75. The second kappa shape index (κ2) is 4.41. The Kier molecular flexibility index (Phi) is 3.19. The van der Waals surface area contributed by atoms with Gasteiger partial charge in [-0.25, -0.2) is 4.98 Å². The van der Waals surface area contributed by atoms with Gasteiger partial charge < -0.3 is 5.32 Å². The van der Waals surface area contributed by atoms with Crippen LogP contribution in [0.25, 0.3) is 0 Å². The minimum atomic E-state index is 0.844. The lowest BCUT2D eigenvalue weighted by atomic mass is 10.1. The average molecular weight is 210 g/mol. The summed E-state index contributed by atoms with van der Waals surface area (Å²) >= 11 is 1.75. The molecule has 3 heteroatoms. The van der Waals surface area contributed by atoms with Crippen molar-refractivity contribution in [2.75, 3.05) is 6.54 Å². The van der Waals surface area contributed by atoms with Crippen molar-refractivity contribution in [1.29, 1.82) is 0 Å². The van der Waals surface area contributed by atoms with Crippen LogP contribution in [0.1, 0.15) is 30.5 Å². The van der Waals surface area contributed by atoms with Crippen LogP contribution in [-0.4, -0.2) is 11.5 Å². The maximum Gasteiger partial charge on any atom is 0.107 e. The number of aromatic nitrogens is 1. The van der Waals surface area contributed by atoms with E-state index in [9.17, 15) is 0 Å². The Labute approximate surface area is 89.8 Å². The van der Waals surface area contributed by atoms with Crippen LogP contribution < -0.4 is 5.32 Å². The zero-order chi connectivity index (χ0) is 9.97. The lowest BCUT2D eigenvalue weighted by Gasteiger charge is -2.09. The molecule has 1 aliphatic rings. The summed E-state index contributed by atoms with van der Waals surface area (Å²) < 4.78 is 0. The molecule has 1 aromatic rings. The molecule has 0 spiro atoms. The standard InChI is InChI=1S/C11H18N2S/c1-8(10-3-4-10)5-12-6-11-13-9(2)7-14-11/h7-8,10,12H,3-6H2,1-2H3. The summed E-state index contributed by atoms with van der Waals surface area (Å²) in [6.45, 7) is 6.48. The molecule has 0 bridgehead atoms. The molecule has 1 unspecified atom stereocenters. The SMILES string of the molecule is Cc1csc(CNCC(C)C2CC2)n1. The van der Waals surface area contributed by atoms with Crippen molar-refractivity contribution in [3.8, 4) is 0 Å². The number of aryl methyl sites for hydroxylation is 1. The average Bonchev–Trinajstić information content (AvgIpc) is 2.92. The molecule has 14 heavy (non-hydrogen) atoms. The molecule has 0 radical (unpaired) electrons. The van der Waals surface area contributed by atoms with Crippen LogP contribution in [0.2, 0.25) is 0 Å². The Morgan fingerprint density at radius 2 is 2.43 bits per heavy atom. The fraction of sp³-hybridized carbons (Fsp3) is 0.727. The highest BCUT2D eigenvalue weighted by Crippen LogP contribution is 2.36. The predicted octanol–water partition coefficient (Wildman–Crippen LogP) is 2.59. The van der Waals surface area contributed by atoms with Crippen LogP contribution in [-0.2, 0) is 6.54 Å². The highest BCUT2D eigenvalue weighted by atomic mass is 32.1. The van der Waals surface area contributed by atoms with Gasteiger partial charge in [-0.3, -0.25) is 0 Å². The largest absolute Gasteiger partial charge is 0.310 e. The normalized spacial score (nSPS) is 18.4. The first kappa shape index (κ1) is 10.1. The Morgan fingerprint density at radius 1 is 1.64 bits per heavy atom. The van der Waals surface area contributed by atoms with Crippen LogP contribution >= 0.6 is 11.3 Å². The van der Waals surface area contributed by atoms with Gasteiger partial charge in [0, 0.05) is 17.6 Å². The van der Waals surface area contributed by atoms with E-state index in [2.05, 4.69) is 22.6 Å². The first-order valence-corrected chi connectivity index (χ1v) is 6.25.